The van der Waals surface area contributed by atoms with Crippen LogP contribution in [0.2, 0.25) is 0 Å². The molecule has 0 spiro atoms. The average molecular weight is 246 g/mol. The third-order valence-corrected chi connectivity index (χ3v) is 4.71. The summed E-state index contributed by atoms with van der Waals surface area (Å²) in [5.74, 6) is 1.26. The molecule has 0 aliphatic carbocycles. The van der Waals surface area contributed by atoms with Crippen LogP contribution in [0, 0.1) is 11.3 Å². The predicted octanol–water partition coefficient (Wildman–Crippen LogP) is 3.10. The molecular weight excluding hydrogens is 228 g/mol. The van der Waals surface area contributed by atoms with Crippen LogP contribution >= 0.6 is 11.8 Å². The van der Waals surface area contributed by atoms with E-state index in [1.54, 1.807) is 0 Å². The smallest absolute Gasteiger partial charge is 0.0991 e. The van der Waals surface area contributed by atoms with Gasteiger partial charge < -0.3 is 5.32 Å². The summed E-state index contributed by atoms with van der Waals surface area (Å²) in [7, 11) is 0. The summed E-state index contributed by atoms with van der Waals surface area (Å²) in [5, 5.41) is 13.1. The van der Waals surface area contributed by atoms with E-state index in [-0.39, 0.29) is 0 Å². The Kier molecular flexibility index (Phi) is 4.09. The minimum atomic E-state index is 0.355. The molecule has 1 aliphatic rings. The van der Waals surface area contributed by atoms with Gasteiger partial charge in [-0.3, -0.25) is 0 Å². The Morgan fingerprint density at radius 1 is 1.41 bits per heavy atom. The molecule has 17 heavy (non-hydrogen) atoms. The van der Waals surface area contributed by atoms with Crippen molar-refractivity contribution in [3.8, 4) is 6.07 Å². The van der Waals surface area contributed by atoms with Crippen LogP contribution in [0.15, 0.2) is 24.3 Å². The molecule has 1 aromatic carbocycles. The lowest BCUT2D eigenvalue weighted by molar-refractivity contribution is 0.454. The molecule has 0 amide bonds. The van der Waals surface area contributed by atoms with Gasteiger partial charge in [-0.2, -0.15) is 17.0 Å². The third-order valence-electron chi connectivity index (χ3n) is 3.38. The Hall–Kier alpha value is -0.980. The molecule has 2 nitrogen and oxygen atoms in total. The van der Waals surface area contributed by atoms with Crippen molar-refractivity contribution in [3.63, 3.8) is 0 Å². The molecule has 1 N–H and O–H groups in total. The van der Waals surface area contributed by atoms with Gasteiger partial charge in [0.25, 0.3) is 0 Å². The van der Waals surface area contributed by atoms with Crippen LogP contribution < -0.4 is 5.32 Å². The van der Waals surface area contributed by atoms with Gasteiger partial charge in [0.15, 0.2) is 0 Å². The first-order chi connectivity index (χ1) is 8.20. The van der Waals surface area contributed by atoms with Crippen LogP contribution in [-0.4, -0.2) is 17.0 Å². The van der Waals surface area contributed by atoms with Crippen molar-refractivity contribution in [1.29, 1.82) is 5.26 Å². The zero-order chi connectivity index (χ0) is 12.3. The first kappa shape index (κ1) is 12.5. The highest BCUT2D eigenvalue weighted by molar-refractivity contribution is 8.00. The SMILES string of the molecule is CC(NC1CCSC1C)c1ccc(C#N)cc1. The lowest BCUT2D eigenvalue weighted by atomic mass is 10.0. The fraction of sp³-hybridized carbons (Fsp3) is 0.500. The van der Waals surface area contributed by atoms with Crippen LogP contribution in [0.4, 0.5) is 0 Å². The molecule has 1 saturated heterocycles. The molecule has 3 unspecified atom stereocenters. The molecule has 1 aliphatic heterocycles. The molecule has 1 fully saturated rings. The fourth-order valence-electron chi connectivity index (χ4n) is 2.21. The van der Waals surface area contributed by atoms with Gasteiger partial charge in [0.2, 0.25) is 0 Å². The number of nitrogens with one attached hydrogen (secondary N) is 1. The second-order valence-electron chi connectivity index (χ2n) is 4.59. The van der Waals surface area contributed by atoms with Crippen molar-refractivity contribution >= 4 is 11.8 Å². The highest BCUT2D eigenvalue weighted by Crippen LogP contribution is 2.28. The van der Waals surface area contributed by atoms with E-state index in [4.69, 9.17) is 5.26 Å². The molecule has 0 aromatic heterocycles. The zero-order valence-electron chi connectivity index (χ0n) is 10.3. The summed E-state index contributed by atoms with van der Waals surface area (Å²) in [6.45, 7) is 4.48. The van der Waals surface area contributed by atoms with Gasteiger partial charge in [-0.1, -0.05) is 19.1 Å². The van der Waals surface area contributed by atoms with Crippen molar-refractivity contribution in [2.24, 2.45) is 0 Å². The van der Waals surface area contributed by atoms with Crippen LogP contribution in [-0.2, 0) is 0 Å². The predicted molar refractivity (Wildman–Crippen MR) is 73.0 cm³/mol. The van der Waals surface area contributed by atoms with Crippen molar-refractivity contribution in [1.82, 2.24) is 5.32 Å². The van der Waals surface area contributed by atoms with E-state index in [0.29, 0.717) is 17.3 Å². The molecule has 1 heterocycles. The molecule has 2 rings (SSSR count). The molecule has 3 heteroatoms. The largest absolute Gasteiger partial charge is 0.306 e. The monoisotopic (exact) mass is 246 g/mol. The summed E-state index contributed by atoms with van der Waals surface area (Å²) >= 11 is 2.04. The Morgan fingerprint density at radius 2 is 2.12 bits per heavy atom. The van der Waals surface area contributed by atoms with Crippen LogP contribution in [0.3, 0.4) is 0 Å². The number of nitrogens with zero attached hydrogens (tertiary/aromatic N) is 1. The van der Waals surface area contributed by atoms with Gasteiger partial charge in [0, 0.05) is 17.3 Å². The number of rotatable bonds is 3. The molecular formula is C14H18N2S. The normalized spacial score (nSPS) is 25.5. The maximum atomic E-state index is 8.76. The summed E-state index contributed by atoms with van der Waals surface area (Å²) in [5.41, 5.74) is 1.99. The highest BCUT2D eigenvalue weighted by Gasteiger charge is 2.25. The van der Waals surface area contributed by atoms with Crippen molar-refractivity contribution in [2.75, 3.05) is 5.75 Å². The van der Waals surface area contributed by atoms with Crippen molar-refractivity contribution < 1.29 is 0 Å². The van der Waals surface area contributed by atoms with E-state index in [1.807, 2.05) is 36.0 Å². The van der Waals surface area contributed by atoms with E-state index in [1.165, 1.54) is 17.7 Å². The Morgan fingerprint density at radius 3 is 2.65 bits per heavy atom. The molecule has 0 saturated carbocycles. The number of thioether (sulfide) groups is 1. The standard InChI is InChI=1S/C14H18N2S/c1-10(16-14-7-8-17-11(14)2)13-5-3-12(9-15)4-6-13/h3-6,10-11,14,16H,7-8H2,1-2H3. The van der Waals surface area contributed by atoms with Gasteiger partial charge in [-0.15, -0.1) is 0 Å². The quantitative estimate of drug-likeness (QED) is 0.890. The van der Waals surface area contributed by atoms with Crippen molar-refractivity contribution in [3.05, 3.63) is 35.4 Å². The second kappa shape index (κ2) is 5.57. The van der Waals surface area contributed by atoms with Crippen molar-refractivity contribution in [2.45, 2.75) is 37.6 Å². The topological polar surface area (TPSA) is 35.8 Å². The molecule has 0 bridgehead atoms. The maximum Gasteiger partial charge on any atom is 0.0991 e. The van der Waals surface area contributed by atoms with Crippen LogP contribution in [0.1, 0.15) is 37.4 Å². The van der Waals surface area contributed by atoms with E-state index < -0.39 is 0 Å². The Bertz CT molecular complexity index is 407. The summed E-state index contributed by atoms with van der Waals surface area (Å²) in [6.07, 6.45) is 1.26. The maximum absolute atomic E-state index is 8.76. The van der Waals surface area contributed by atoms with Gasteiger partial charge in [0.1, 0.15) is 0 Å². The molecule has 1 aromatic rings. The first-order valence-corrected chi connectivity index (χ1v) is 7.13. The summed E-state index contributed by atoms with van der Waals surface area (Å²) in [4.78, 5) is 0. The minimum Gasteiger partial charge on any atom is -0.306 e. The van der Waals surface area contributed by atoms with Gasteiger partial charge in [-0.25, -0.2) is 0 Å². The van der Waals surface area contributed by atoms with E-state index in [2.05, 4.69) is 25.2 Å². The molecule has 0 radical (unpaired) electrons. The van der Waals surface area contributed by atoms with Crippen LogP contribution in [0.25, 0.3) is 0 Å². The minimum absolute atomic E-state index is 0.355. The summed E-state index contributed by atoms with van der Waals surface area (Å²) in [6, 6.07) is 11.0. The number of benzene rings is 1. The Labute approximate surface area is 107 Å². The number of hydrogen-bond acceptors (Lipinski definition) is 3. The lowest BCUT2D eigenvalue weighted by Crippen LogP contribution is -2.35. The van der Waals surface area contributed by atoms with Gasteiger partial charge in [0.05, 0.1) is 11.6 Å². The number of nitriles is 1. The molecule has 3 atom stereocenters. The fourth-order valence-corrected chi connectivity index (χ4v) is 3.42. The lowest BCUT2D eigenvalue weighted by Gasteiger charge is -2.22. The van der Waals surface area contributed by atoms with E-state index in [0.717, 1.165) is 5.56 Å². The number of hydrogen-bond donors (Lipinski definition) is 1. The first-order valence-electron chi connectivity index (χ1n) is 6.08. The molecule has 90 valence electrons. The average Bonchev–Trinajstić information content (AvgIpc) is 2.75. The van der Waals surface area contributed by atoms with Gasteiger partial charge in [-0.05, 0) is 36.8 Å². The highest BCUT2D eigenvalue weighted by atomic mass is 32.2. The third kappa shape index (κ3) is 3.02. The zero-order valence-corrected chi connectivity index (χ0v) is 11.1. The van der Waals surface area contributed by atoms with E-state index in [9.17, 15) is 0 Å². The van der Waals surface area contributed by atoms with E-state index >= 15 is 0 Å². The summed E-state index contributed by atoms with van der Waals surface area (Å²) < 4.78 is 0. The van der Waals surface area contributed by atoms with Gasteiger partial charge >= 0.3 is 0 Å². The Balaban J connectivity index is 1.99. The second-order valence-corrected chi connectivity index (χ2v) is 6.08. The van der Waals surface area contributed by atoms with Crippen LogP contribution in [0.5, 0.6) is 0 Å².